The van der Waals surface area contributed by atoms with Crippen LogP contribution >= 0.6 is 0 Å². The Morgan fingerprint density at radius 1 is 1.19 bits per heavy atom. The maximum atomic E-state index is 14.0. The van der Waals surface area contributed by atoms with Gasteiger partial charge in [0.1, 0.15) is 17.3 Å². The fraction of sp³-hybridized carbons (Fsp3) is 0.300. The minimum Gasteiger partial charge on any atom is -0.497 e. The monoisotopic (exact) mass is 375 g/mol. The lowest BCUT2D eigenvalue weighted by atomic mass is 10.1. The molecule has 2 N–H and O–H groups in total. The van der Waals surface area contributed by atoms with E-state index in [1.807, 2.05) is 13.8 Å². The molecule has 0 saturated heterocycles. The molecular formula is C20H22FNO5. The highest BCUT2D eigenvalue weighted by Crippen LogP contribution is 2.26. The molecule has 2 aromatic rings. The minimum atomic E-state index is -1.13. The summed E-state index contributed by atoms with van der Waals surface area (Å²) in [5.41, 5.74) is 0.551. The first-order chi connectivity index (χ1) is 12.8. The van der Waals surface area contributed by atoms with Gasteiger partial charge in [-0.05, 0) is 35.7 Å². The standard InChI is InChI=1S/C20H22FNO5/c1-12(2)11-27-18-10-15(26-3)6-7-16(18)20(25)22-14-5-4-13(8-19(23)24)17(21)9-14/h4-7,9-10,12H,8,11H2,1-3H3,(H,22,25)(H,23,24). The van der Waals surface area contributed by atoms with Gasteiger partial charge in [-0.2, -0.15) is 0 Å². The van der Waals surface area contributed by atoms with E-state index in [4.69, 9.17) is 14.6 Å². The van der Waals surface area contributed by atoms with Gasteiger partial charge in [0.05, 0.1) is 25.7 Å². The molecule has 2 aromatic carbocycles. The van der Waals surface area contributed by atoms with Crippen molar-refractivity contribution in [3.05, 3.63) is 53.3 Å². The van der Waals surface area contributed by atoms with Crippen LogP contribution < -0.4 is 14.8 Å². The summed E-state index contributed by atoms with van der Waals surface area (Å²) >= 11 is 0. The van der Waals surface area contributed by atoms with Crippen molar-refractivity contribution >= 4 is 17.6 Å². The highest BCUT2D eigenvalue weighted by Gasteiger charge is 2.16. The summed E-state index contributed by atoms with van der Waals surface area (Å²) in [6.45, 7) is 4.40. The Kier molecular flexibility index (Phi) is 6.76. The van der Waals surface area contributed by atoms with E-state index < -0.39 is 24.1 Å². The van der Waals surface area contributed by atoms with Gasteiger partial charge in [-0.1, -0.05) is 19.9 Å². The first kappa shape index (κ1) is 20.2. The lowest BCUT2D eigenvalue weighted by Crippen LogP contribution is -2.15. The summed E-state index contributed by atoms with van der Waals surface area (Å²) < 4.78 is 24.9. The zero-order chi connectivity index (χ0) is 20.0. The molecular weight excluding hydrogens is 353 g/mol. The van der Waals surface area contributed by atoms with Crippen molar-refractivity contribution in [3.63, 3.8) is 0 Å². The van der Waals surface area contributed by atoms with Crippen LogP contribution in [0.4, 0.5) is 10.1 Å². The summed E-state index contributed by atoms with van der Waals surface area (Å²) in [5, 5.41) is 11.4. The number of nitrogens with one attached hydrogen (secondary N) is 1. The second-order valence-electron chi connectivity index (χ2n) is 6.40. The van der Waals surface area contributed by atoms with Crippen molar-refractivity contribution in [2.45, 2.75) is 20.3 Å². The number of aliphatic carboxylic acids is 1. The average molecular weight is 375 g/mol. The van der Waals surface area contributed by atoms with E-state index in [0.29, 0.717) is 18.1 Å². The Hall–Kier alpha value is -3.09. The van der Waals surface area contributed by atoms with Gasteiger partial charge in [0.25, 0.3) is 5.91 Å². The number of carboxylic acids is 1. The predicted octanol–water partition coefficient (Wildman–Crippen LogP) is 3.75. The van der Waals surface area contributed by atoms with Crippen molar-refractivity contribution in [3.8, 4) is 11.5 Å². The Morgan fingerprint density at radius 3 is 2.52 bits per heavy atom. The van der Waals surface area contributed by atoms with Gasteiger partial charge in [0, 0.05) is 11.8 Å². The Bertz CT molecular complexity index is 835. The van der Waals surface area contributed by atoms with Gasteiger partial charge < -0.3 is 19.9 Å². The average Bonchev–Trinajstić information content (AvgIpc) is 2.61. The molecule has 0 aliphatic heterocycles. The molecule has 2 rings (SSSR count). The zero-order valence-electron chi connectivity index (χ0n) is 15.4. The van der Waals surface area contributed by atoms with E-state index in [1.54, 1.807) is 18.2 Å². The van der Waals surface area contributed by atoms with Gasteiger partial charge >= 0.3 is 5.97 Å². The van der Waals surface area contributed by atoms with Crippen LogP contribution in [0.1, 0.15) is 29.8 Å². The molecule has 27 heavy (non-hydrogen) atoms. The van der Waals surface area contributed by atoms with E-state index in [9.17, 15) is 14.0 Å². The van der Waals surface area contributed by atoms with E-state index in [1.165, 1.54) is 19.2 Å². The summed E-state index contributed by atoms with van der Waals surface area (Å²) in [6, 6.07) is 8.70. The first-order valence-electron chi connectivity index (χ1n) is 8.42. The largest absolute Gasteiger partial charge is 0.497 e. The van der Waals surface area contributed by atoms with Crippen LogP contribution in [0.25, 0.3) is 0 Å². The number of ether oxygens (including phenoxy) is 2. The lowest BCUT2D eigenvalue weighted by Gasteiger charge is -2.14. The molecule has 0 aliphatic carbocycles. The number of hydrogen-bond donors (Lipinski definition) is 2. The zero-order valence-corrected chi connectivity index (χ0v) is 15.4. The fourth-order valence-corrected chi connectivity index (χ4v) is 2.32. The Morgan fingerprint density at radius 2 is 1.93 bits per heavy atom. The minimum absolute atomic E-state index is 0.0471. The second kappa shape index (κ2) is 9.02. The number of carbonyl (C=O) groups is 2. The number of carbonyl (C=O) groups excluding carboxylic acids is 1. The molecule has 0 aromatic heterocycles. The summed E-state index contributed by atoms with van der Waals surface area (Å²) in [6.07, 6.45) is -0.425. The number of halogens is 1. The molecule has 0 radical (unpaired) electrons. The van der Waals surface area contributed by atoms with Crippen LogP contribution in [0.5, 0.6) is 11.5 Å². The first-order valence-corrected chi connectivity index (χ1v) is 8.42. The molecule has 0 unspecified atom stereocenters. The molecule has 0 atom stereocenters. The number of hydrogen-bond acceptors (Lipinski definition) is 4. The topological polar surface area (TPSA) is 84.9 Å². The van der Waals surface area contributed by atoms with Crippen LogP contribution in [0.2, 0.25) is 0 Å². The number of rotatable bonds is 8. The molecule has 1 amide bonds. The summed E-state index contributed by atoms with van der Waals surface area (Å²) in [4.78, 5) is 23.3. The Labute approximate surface area is 156 Å². The molecule has 144 valence electrons. The number of amides is 1. The van der Waals surface area contributed by atoms with E-state index in [0.717, 1.165) is 6.07 Å². The van der Waals surface area contributed by atoms with Crippen molar-refractivity contribution in [2.75, 3.05) is 19.0 Å². The van der Waals surface area contributed by atoms with Gasteiger partial charge in [0.15, 0.2) is 0 Å². The number of methoxy groups -OCH3 is 1. The molecule has 0 spiro atoms. The smallest absolute Gasteiger partial charge is 0.307 e. The van der Waals surface area contributed by atoms with Crippen LogP contribution in [0, 0.1) is 11.7 Å². The number of anilines is 1. The molecule has 7 heteroatoms. The maximum Gasteiger partial charge on any atom is 0.307 e. The van der Waals surface area contributed by atoms with Crippen LogP contribution in [0.15, 0.2) is 36.4 Å². The van der Waals surface area contributed by atoms with Gasteiger partial charge in [0.2, 0.25) is 0 Å². The van der Waals surface area contributed by atoms with E-state index in [-0.39, 0.29) is 22.7 Å². The van der Waals surface area contributed by atoms with Crippen LogP contribution in [-0.2, 0) is 11.2 Å². The Balaban J connectivity index is 2.22. The van der Waals surface area contributed by atoms with Crippen molar-refractivity contribution < 1.29 is 28.6 Å². The van der Waals surface area contributed by atoms with Crippen LogP contribution in [0.3, 0.4) is 0 Å². The molecule has 0 aliphatic rings. The second-order valence-corrected chi connectivity index (χ2v) is 6.40. The summed E-state index contributed by atoms with van der Waals surface area (Å²) in [5.74, 6) is -1.11. The summed E-state index contributed by atoms with van der Waals surface area (Å²) in [7, 11) is 1.52. The quantitative estimate of drug-likeness (QED) is 0.734. The van der Waals surface area contributed by atoms with Gasteiger partial charge in [-0.25, -0.2) is 4.39 Å². The molecule has 0 heterocycles. The van der Waals surface area contributed by atoms with E-state index in [2.05, 4.69) is 5.32 Å². The third-order valence-corrected chi connectivity index (χ3v) is 3.66. The highest BCUT2D eigenvalue weighted by atomic mass is 19.1. The van der Waals surface area contributed by atoms with Gasteiger partial charge in [-0.3, -0.25) is 9.59 Å². The number of carboxylic acid groups (broad SMARTS) is 1. The maximum absolute atomic E-state index is 14.0. The molecule has 0 saturated carbocycles. The van der Waals surface area contributed by atoms with Gasteiger partial charge in [-0.15, -0.1) is 0 Å². The van der Waals surface area contributed by atoms with Crippen molar-refractivity contribution in [2.24, 2.45) is 5.92 Å². The SMILES string of the molecule is COc1ccc(C(=O)Nc2ccc(CC(=O)O)c(F)c2)c(OCC(C)C)c1. The van der Waals surface area contributed by atoms with Crippen molar-refractivity contribution in [1.29, 1.82) is 0 Å². The molecule has 0 bridgehead atoms. The highest BCUT2D eigenvalue weighted by molar-refractivity contribution is 6.06. The normalized spacial score (nSPS) is 10.6. The van der Waals surface area contributed by atoms with E-state index >= 15 is 0 Å². The van der Waals surface area contributed by atoms with Crippen molar-refractivity contribution in [1.82, 2.24) is 0 Å². The van der Waals surface area contributed by atoms with Crippen LogP contribution in [-0.4, -0.2) is 30.7 Å². The molecule has 0 fully saturated rings. The number of benzene rings is 2. The third kappa shape index (κ3) is 5.70. The predicted molar refractivity (Wildman–Crippen MR) is 99.0 cm³/mol. The molecule has 6 nitrogen and oxygen atoms in total. The third-order valence-electron chi connectivity index (χ3n) is 3.66. The fourth-order valence-electron chi connectivity index (χ4n) is 2.32. The lowest BCUT2D eigenvalue weighted by molar-refractivity contribution is -0.136.